The summed E-state index contributed by atoms with van der Waals surface area (Å²) in [6.45, 7) is 5.99. The molecule has 5 rings (SSSR count). The van der Waals surface area contributed by atoms with Crippen molar-refractivity contribution in [2.45, 2.75) is 52.0 Å². The molecule has 172 valence electrons. The molecule has 2 amide bonds. The zero-order chi connectivity index (χ0) is 23.0. The number of rotatable bonds is 4. The molecule has 1 aromatic carbocycles. The Bertz CT molecular complexity index is 1180. The van der Waals surface area contributed by atoms with Crippen molar-refractivity contribution < 1.29 is 18.7 Å². The third kappa shape index (κ3) is 4.16. The lowest BCUT2D eigenvalue weighted by Gasteiger charge is -2.44. The van der Waals surface area contributed by atoms with E-state index in [9.17, 15) is 9.59 Å². The maximum atomic E-state index is 13.1. The first kappa shape index (κ1) is 21.4. The Kier molecular flexibility index (Phi) is 5.49. The SMILES string of the molecule is Cc1cc(C(=O)N2CCCC3(C2)Cn2nnc(CNC(=O)c4ccccc4)c2CO3)c(C)o1. The lowest BCUT2D eigenvalue weighted by atomic mass is 9.90. The molecule has 2 aliphatic heterocycles. The number of nitrogens with zero attached hydrogens (tertiary/aromatic N) is 4. The van der Waals surface area contributed by atoms with Gasteiger partial charge in [0.1, 0.15) is 22.8 Å². The molecule has 0 saturated carbocycles. The molecule has 2 aromatic heterocycles. The highest BCUT2D eigenvalue weighted by Gasteiger charge is 2.43. The molecule has 0 bridgehead atoms. The number of carbonyl (C=O) groups is 2. The van der Waals surface area contributed by atoms with Crippen LogP contribution in [0.25, 0.3) is 0 Å². The van der Waals surface area contributed by atoms with Crippen molar-refractivity contribution in [3.8, 4) is 0 Å². The van der Waals surface area contributed by atoms with Gasteiger partial charge in [-0.25, -0.2) is 4.68 Å². The first-order chi connectivity index (χ1) is 15.9. The van der Waals surface area contributed by atoms with Crippen LogP contribution >= 0.6 is 0 Å². The lowest BCUT2D eigenvalue weighted by Crippen LogP contribution is -2.55. The molecule has 1 spiro atoms. The first-order valence-corrected chi connectivity index (χ1v) is 11.2. The average molecular weight is 450 g/mol. The number of nitrogens with one attached hydrogen (secondary N) is 1. The molecule has 1 atom stereocenters. The quantitative estimate of drug-likeness (QED) is 0.657. The number of furan rings is 1. The number of hydrogen-bond acceptors (Lipinski definition) is 6. The monoisotopic (exact) mass is 449 g/mol. The molecule has 0 aliphatic carbocycles. The van der Waals surface area contributed by atoms with Crippen LogP contribution in [-0.2, 0) is 24.4 Å². The van der Waals surface area contributed by atoms with Crippen LogP contribution < -0.4 is 5.32 Å². The van der Waals surface area contributed by atoms with E-state index in [0.717, 1.165) is 24.3 Å². The second-order valence-corrected chi connectivity index (χ2v) is 8.82. The molecule has 0 radical (unpaired) electrons. The third-order valence-electron chi connectivity index (χ3n) is 6.42. The van der Waals surface area contributed by atoms with Gasteiger partial charge < -0.3 is 19.4 Å². The Morgan fingerprint density at radius 3 is 2.76 bits per heavy atom. The molecule has 1 fully saturated rings. The minimum Gasteiger partial charge on any atom is -0.466 e. The summed E-state index contributed by atoms with van der Waals surface area (Å²) in [5.41, 5.74) is 2.27. The summed E-state index contributed by atoms with van der Waals surface area (Å²) in [5.74, 6) is 1.19. The summed E-state index contributed by atoms with van der Waals surface area (Å²) < 4.78 is 13.7. The number of ether oxygens (including phenoxy) is 1. The van der Waals surface area contributed by atoms with Crippen LogP contribution in [-0.4, -0.2) is 50.4 Å². The maximum absolute atomic E-state index is 13.1. The Morgan fingerprint density at radius 1 is 1.18 bits per heavy atom. The summed E-state index contributed by atoms with van der Waals surface area (Å²) in [7, 11) is 0. The van der Waals surface area contributed by atoms with Gasteiger partial charge in [0.15, 0.2) is 0 Å². The Labute approximate surface area is 191 Å². The van der Waals surface area contributed by atoms with Crippen LogP contribution in [0.15, 0.2) is 40.8 Å². The summed E-state index contributed by atoms with van der Waals surface area (Å²) in [6.07, 6.45) is 1.70. The number of carbonyl (C=O) groups excluding carboxylic acids is 2. The predicted octanol–water partition coefficient (Wildman–Crippen LogP) is 2.62. The lowest BCUT2D eigenvalue weighted by molar-refractivity contribution is -0.122. The van der Waals surface area contributed by atoms with Gasteiger partial charge in [-0.1, -0.05) is 23.4 Å². The van der Waals surface area contributed by atoms with Gasteiger partial charge >= 0.3 is 0 Å². The molecule has 2 aliphatic rings. The fourth-order valence-electron chi connectivity index (χ4n) is 4.72. The van der Waals surface area contributed by atoms with Crippen LogP contribution in [0.3, 0.4) is 0 Å². The topological polar surface area (TPSA) is 102 Å². The molecule has 4 heterocycles. The Hall–Kier alpha value is -3.46. The number of piperidine rings is 1. The van der Waals surface area contributed by atoms with E-state index in [1.54, 1.807) is 18.2 Å². The maximum Gasteiger partial charge on any atom is 0.257 e. The number of amides is 2. The first-order valence-electron chi connectivity index (χ1n) is 11.2. The standard InChI is InChI=1S/C24H27N5O4/c1-16-11-19(17(2)33-16)23(31)28-10-6-9-24(14-28)15-29-21(13-32-24)20(26-27-29)12-25-22(30)18-7-4-3-5-8-18/h3-5,7-8,11H,6,9-10,12-15H2,1-2H3,(H,25,30). The number of aryl methyl sites for hydroxylation is 2. The van der Waals surface area contributed by atoms with E-state index in [4.69, 9.17) is 9.15 Å². The van der Waals surface area contributed by atoms with Crippen molar-refractivity contribution in [1.29, 1.82) is 0 Å². The summed E-state index contributed by atoms with van der Waals surface area (Å²) in [5, 5.41) is 11.5. The van der Waals surface area contributed by atoms with Crippen molar-refractivity contribution in [3.05, 3.63) is 70.4 Å². The largest absolute Gasteiger partial charge is 0.466 e. The van der Waals surface area contributed by atoms with Gasteiger partial charge in [0, 0.05) is 12.1 Å². The molecule has 9 heteroatoms. The fraction of sp³-hybridized carbons (Fsp3) is 0.417. The van der Waals surface area contributed by atoms with Crippen molar-refractivity contribution in [3.63, 3.8) is 0 Å². The molecule has 33 heavy (non-hydrogen) atoms. The van der Waals surface area contributed by atoms with Gasteiger partial charge in [0.05, 0.1) is 37.5 Å². The summed E-state index contributed by atoms with van der Waals surface area (Å²) in [4.78, 5) is 27.3. The average Bonchev–Trinajstić information content (AvgIpc) is 3.38. The highest BCUT2D eigenvalue weighted by Crippen LogP contribution is 2.33. The second-order valence-electron chi connectivity index (χ2n) is 8.82. The van der Waals surface area contributed by atoms with Crippen molar-refractivity contribution >= 4 is 11.8 Å². The number of fused-ring (bicyclic) bond motifs is 1. The van der Waals surface area contributed by atoms with E-state index >= 15 is 0 Å². The van der Waals surface area contributed by atoms with E-state index < -0.39 is 5.60 Å². The summed E-state index contributed by atoms with van der Waals surface area (Å²) in [6, 6.07) is 10.9. The van der Waals surface area contributed by atoms with E-state index in [0.29, 0.717) is 48.8 Å². The molecule has 3 aromatic rings. The number of hydrogen-bond donors (Lipinski definition) is 1. The van der Waals surface area contributed by atoms with Gasteiger partial charge in [-0.3, -0.25) is 9.59 Å². The van der Waals surface area contributed by atoms with E-state index in [1.807, 2.05) is 41.6 Å². The predicted molar refractivity (Wildman–Crippen MR) is 118 cm³/mol. The fourth-order valence-corrected chi connectivity index (χ4v) is 4.72. The minimum atomic E-state index is -0.494. The second kappa shape index (κ2) is 8.47. The molecule has 1 saturated heterocycles. The highest BCUT2D eigenvalue weighted by molar-refractivity contribution is 5.95. The van der Waals surface area contributed by atoms with Crippen LogP contribution in [0, 0.1) is 13.8 Å². The molecule has 9 nitrogen and oxygen atoms in total. The number of likely N-dealkylation sites (tertiary alicyclic amines) is 1. The van der Waals surface area contributed by atoms with E-state index in [2.05, 4.69) is 15.6 Å². The molecule has 1 unspecified atom stereocenters. The molecule has 1 N–H and O–H groups in total. The summed E-state index contributed by atoms with van der Waals surface area (Å²) >= 11 is 0. The van der Waals surface area contributed by atoms with E-state index in [1.165, 1.54) is 0 Å². The smallest absolute Gasteiger partial charge is 0.257 e. The Morgan fingerprint density at radius 2 is 2.00 bits per heavy atom. The zero-order valence-electron chi connectivity index (χ0n) is 18.8. The van der Waals surface area contributed by atoms with Crippen LogP contribution in [0.5, 0.6) is 0 Å². The van der Waals surface area contributed by atoms with Crippen molar-refractivity contribution in [2.24, 2.45) is 0 Å². The van der Waals surface area contributed by atoms with Crippen LogP contribution in [0.1, 0.15) is 56.5 Å². The van der Waals surface area contributed by atoms with Gasteiger partial charge in [-0.05, 0) is 44.9 Å². The molecular weight excluding hydrogens is 422 g/mol. The van der Waals surface area contributed by atoms with Gasteiger partial charge in [-0.15, -0.1) is 5.10 Å². The molecular formula is C24H27N5O4. The van der Waals surface area contributed by atoms with Crippen molar-refractivity contribution in [1.82, 2.24) is 25.2 Å². The number of aromatic nitrogens is 3. The van der Waals surface area contributed by atoms with Crippen molar-refractivity contribution in [2.75, 3.05) is 13.1 Å². The van der Waals surface area contributed by atoms with E-state index in [-0.39, 0.29) is 18.4 Å². The van der Waals surface area contributed by atoms with Crippen LogP contribution in [0.2, 0.25) is 0 Å². The Balaban J connectivity index is 1.26. The highest BCUT2D eigenvalue weighted by atomic mass is 16.5. The van der Waals surface area contributed by atoms with Gasteiger partial charge in [-0.2, -0.15) is 0 Å². The van der Waals surface area contributed by atoms with Gasteiger partial charge in [0.2, 0.25) is 0 Å². The normalized spacial score (nSPS) is 20.0. The number of benzene rings is 1. The minimum absolute atomic E-state index is 0.0271. The van der Waals surface area contributed by atoms with Gasteiger partial charge in [0.25, 0.3) is 11.8 Å². The third-order valence-corrected chi connectivity index (χ3v) is 6.42. The van der Waals surface area contributed by atoms with Crippen LogP contribution in [0.4, 0.5) is 0 Å². The zero-order valence-corrected chi connectivity index (χ0v) is 18.8.